The van der Waals surface area contributed by atoms with Crippen LogP contribution in [0.25, 0.3) is 0 Å². The second kappa shape index (κ2) is 2.85. The first-order valence-electron chi connectivity index (χ1n) is 2.83. The summed E-state index contributed by atoms with van der Waals surface area (Å²) in [4.78, 5) is 0. The summed E-state index contributed by atoms with van der Waals surface area (Å²) in [6.45, 7) is 0. The normalized spacial score (nSPS) is 11.6. The van der Waals surface area contributed by atoms with Gasteiger partial charge in [0.25, 0.3) is 0 Å². The largest absolute Gasteiger partial charge is 0.416 e. The van der Waals surface area contributed by atoms with Gasteiger partial charge in [-0.25, -0.2) is 0 Å². The Kier molecular flexibility index (Phi) is 2.23. The van der Waals surface area contributed by atoms with Crippen molar-refractivity contribution in [1.82, 2.24) is 0 Å². The summed E-state index contributed by atoms with van der Waals surface area (Å²) in [5.41, 5.74) is -0.633. The Morgan fingerprint density at radius 3 is 2.18 bits per heavy atom. The molecule has 60 valence electrons. The molecule has 0 atom stereocenters. The molecule has 0 unspecified atom stereocenters. The lowest BCUT2D eigenvalue weighted by Gasteiger charge is -2.05. The molecule has 0 fully saturated rings. The van der Waals surface area contributed by atoms with Crippen LogP contribution in [0, 0.1) is 0 Å². The first-order valence-corrected chi connectivity index (χ1v) is 3.62. The SMILES string of the molecule is FC(F)(F)[13c]1[13cH][13cH][13cH][13c](Br)[13cH]1. The van der Waals surface area contributed by atoms with Gasteiger partial charge in [0.05, 0.1) is 5.56 Å². The molecule has 1 aromatic rings. The molecule has 0 radical (unpaired) electrons. The molecule has 0 aliphatic heterocycles. The first-order chi connectivity index (χ1) is 5.00. The number of rotatable bonds is 0. The molecule has 0 heterocycles. The summed E-state index contributed by atoms with van der Waals surface area (Å²) in [6, 6.07) is 4.98. The van der Waals surface area contributed by atoms with Gasteiger partial charge >= 0.3 is 6.18 Å². The highest BCUT2D eigenvalue weighted by atomic mass is 79.9. The van der Waals surface area contributed by atoms with Gasteiger partial charge < -0.3 is 0 Å². The molecular weight excluding hydrogens is 227 g/mol. The van der Waals surface area contributed by atoms with Gasteiger partial charge in [-0.05, 0) is 18.2 Å². The van der Waals surface area contributed by atoms with Crippen LogP contribution in [0.15, 0.2) is 28.7 Å². The van der Waals surface area contributed by atoms with Crippen LogP contribution in [-0.2, 0) is 6.18 Å². The Balaban J connectivity index is 3.06. The van der Waals surface area contributed by atoms with E-state index in [0.29, 0.717) is 4.47 Å². The first kappa shape index (κ1) is 8.59. The topological polar surface area (TPSA) is 0 Å². The van der Waals surface area contributed by atoms with Crippen molar-refractivity contribution in [2.45, 2.75) is 6.18 Å². The van der Waals surface area contributed by atoms with E-state index in [2.05, 4.69) is 15.9 Å². The van der Waals surface area contributed by atoms with Gasteiger partial charge in [-0.15, -0.1) is 0 Å². The van der Waals surface area contributed by atoms with E-state index in [1.807, 2.05) is 0 Å². The van der Waals surface area contributed by atoms with Gasteiger partial charge in [0, 0.05) is 4.47 Å². The lowest BCUT2D eigenvalue weighted by Crippen LogP contribution is -2.03. The maximum absolute atomic E-state index is 11.9. The molecule has 0 aliphatic carbocycles. The molecular formula is C7H4BrF3. The smallest absolute Gasteiger partial charge is 0.166 e. The van der Waals surface area contributed by atoms with Crippen molar-refractivity contribution in [3.63, 3.8) is 0 Å². The average Bonchev–Trinajstić information content (AvgIpc) is 1.86. The third kappa shape index (κ3) is 2.22. The average molecular weight is 231 g/mol. The molecule has 1 aromatic carbocycles. The summed E-state index contributed by atoms with van der Waals surface area (Å²) in [5, 5.41) is 0. The van der Waals surface area contributed by atoms with Gasteiger partial charge in [0.2, 0.25) is 0 Å². The van der Waals surface area contributed by atoms with Crippen molar-refractivity contribution in [2.75, 3.05) is 0 Å². The van der Waals surface area contributed by atoms with Crippen LogP contribution in [0.3, 0.4) is 0 Å². The number of hydrogen-bond donors (Lipinski definition) is 0. The lowest BCUT2D eigenvalue weighted by atomic mass is 10.9. The Morgan fingerprint density at radius 1 is 1.18 bits per heavy atom. The Morgan fingerprint density at radius 2 is 1.82 bits per heavy atom. The van der Waals surface area contributed by atoms with Crippen molar-refractivity contribution < 1.29 is 13.2 Å². The van der Waals surface area contributed by atoms with E-state index >= 15 is 0 Å². The van der Waals surface area contributed by atoms with Crippen molar-refractivity contribution in [2.24, 2.45) is 0 Å². The minimum atomic E-state index is -4.25. The fourth-order valence-electron chi connectivity index (χ4n) is 0.665. The number of alkyl halides is 3. The van der Waals surface area contributed by atoms with Crippen LogP contribution in [0.4, 0.5) is 13.2 Å². The zero-order valence-electron chi connectivity index (χ0n) is 5.32. The number of halogens is 4. The summed E-state index contributed by atoms with van der Waals surface area (Å²) in [5.74, 6) is 0. The number of benzene rings is 1. The van der Waals surface area contributed by atoms with Crippen molar-refractivity contribution in [1.29, 1.82) is 0 Å². The molecule has 0 saturated heterocycles. The number of hydrogen-bond acceptors (Lipinski definition) is 0. The zero-order valence-corrected chi connectivity index (χ0v) is 6.91. The standard InChI is InChI=1S/C7H4BrF3/c8-6-3-1-2-5(4-6)7(9,10)11/h1-4H/i1+1,2+1,3+1,4+1,5+1,6+1. The molecule has 0 spiro atoms. The highest BCUT2D eigenvalue weighted by Gasteiger charge is 2.30. The lowest BCUT2D eigenvalue weighted by molar-refractivity contribution is -0.137. The van der Waals surface area contributed by atoms with Gasteiger partial charge in [0.1, 0.15) is 0 Å². The van der Waals surface area contributed by atoms with Crippen LogP contribution >= 0.6 is 15.9 Å². The Hall–Kier alpha value is -0.510. The van der Waals surface area contributed by atoms with Crippen LogP contribution < -0.4 is 0 Å². The quantitative estimate of drug-likeness (QED) is 0.641. The zero-order chi connectivity index (χ0) is 8.48. The van der Waals surface area contributed by atoms with Crippen LogP contribution in [0.2, 0.25) is 0 Å². The predicted octanol–water partition coefficient (Wildman–Crippen LogP) is 3.47. The molecule has 0 bridgehead atoms. The molecule has 0 N–H and O–H groups in total. The predicted molar refractivity (Wildman–Crippen MR) is 39.1 cm³/mol. The molecule has 0 nitrogen and oxygen atoms in total. The highest BCUT2D eigenvalue weighted by molar-refractivity contribution is 9.10. The maximum atomic E-state index is 11.9. The summed E-state index contributed by atoms with van der Waals surface area (Å²) in [7, 11) is 0. The summed E-state index contributed by atoms with van der Waals surface area (Å²) >= 11 is 2.95. The third-order valence-corrected chi connectivity index (χ3v) is 1.65. The van der Waals surface area contributed by atoms with E-state index in [-0.39, 0.29) is 0 Å². The van der Waals surface area contributed by atoms with Gasteiger partial charge in [-0.2, -0.15) is 13.2 Å². The minimum absolute atomic E-state index is 0.437. The van der Waals surface area contributed by atoms with Crippen LogP contribution in [0.1, 0.15) is 5.56 Å². The van der Waals surface area contributed by atoms with E-state index in [0.717, 1.165) is 12.1 Å². The van der Waals surface area contributed by atoms with E-state index in [4.69, 9.17) is 0 Å². The third-order valence-electron chi connectivity index (χ3n) is 1.15. The molecule has 11 heavy (non-hydrogen) atoms. The monoisotopic (exact) mass is 230 g/mol. The van der Waals surface area contributed by atoms with Crippen LogP contribution in [-0.4, -0.2) is 0 Å². The second-order valence-corrected chi connectivity index (χ2v) is 2.92. The molecule has 0 aromatic heterocycles. The molecule has 4 heteroatoms. The van der Waals surface area contributed by atoms with Crippen molar-refractivity contribution in [3.8, 4) is 0 Å². The Labute approximate surface area is 70.2 Å². The van der Waals surface area contributed by atoms with E-state index in [9.17, 15) is 13.2 Å². The van der Waals surface area contributed by atoms with E-state index < -0.39 is 11.7 Å². The van der Waals surface area contributed by atoms with Crippen molar-refractivity contribution >= 4 is 15.9 Å². The van der Waals surface area contributed by atoms with Crippen molar-refractivity contribution in [3.05, 3.63) is 34.3 Å². The van der Waals surface area contributed by atoms with E-state index in [1.54, 1.807) is 6.07 Å². The highest BCUT2D eigenvalue weighted by Crippen LogP contribution is 2.30. The molecule has 0 saturated carbocycles. The summed E-state index contributed by atoms with van der Waals surface area (Å²) in [6.07, 6.45) is -4.25. The minimum Gasteiger partial charge on any atom is -0.166 e. The van der Waals surface area contributed by atoms with Crippen LogP contribution in [0.5, 0.6) is 0 Å². The second-order valence-electron chi connectivity index (χ2n) is 2.01. The maximum Gasteiger partial charge on any atom is 0.416 e. The Bertz CT molecular complexity index is 254. The van der Waals surface area contributed by atoms with Gasteiger partial charge in [-0.1, -0.05) is 22.0 Å². The molecule has 0 amide bonds. The van der Waals surface area contributed by atoms with Gasteiger partial charge in [-0.3, -0.25) is 0 Å². The fourth-order valence-corrected chi connectivity index (χ4v) is 1.06. The fraction of sp³-hybridized carbons (Fsp3) is 0.143. The van der Waals surface area contributed by atoms with E-state index in [1.165, 1.54) is 6.07 Å². The molecule has 0 aliphatic rings. The van der Waals surface area contributed by atoms with Gasteiger partial charge in [0.15, 0.2) is 0 Å². The molecule has 1 rings (SSSR count). The summed E-state index contributed by atoms with van der Waals surface area (Å²) < 4.78 is 36.3.